The van der Waals surface area contributed by atoms with Crippen molar-refractivity contribution in [2.24, 2.45) is 0 Å². The van der Waals surface area contributed by atoms with Crippen LogP contribution >= 0.6 is 0 Å². The molecule has 0 aliphatic carbocycles. The van der Waals surface area contributed by atoms with E-state index in [0.29, 0.717) is 0 Å². The number of hydrogen-bond acceptors (Lipinski definition) is 8. The van der Waals surface area contributed by atoms with Gasteiger partial charge in [-0.1, -0.05) is 4.98 Å². The van der Waals surface area contributed by atoms with Crippen LogP contribution in [-0.2, 0) is 30.4 Å². The third kappa shape index (κ3) is 6.54. The normalized spacial score (nSPS) is 11.4. The van der Waals surface area contributed by atoms with Crippen LogP contribution in [-0.4, -0.2) is 51.6 Å². The molecule has 1 heterocycles. The number of carbonyl (C=O) groups is 3. The van der Waals surface area contributed by atoms with Crippen LogP contribution in [0.1, 0.15) is 13.8 Å². The van der Waals surface area contributed by atoms with Crippen molar-refractivity contribution in [3.8, 4) is 0 Å². The molecule has 23 heavy (non-hydrogen) atoms. The first-order chi connectivity index (χ1) is 10.8. The highest BCUT2D eigenvalue weighted by Gasteiger charge is 2.19. The van der Waals surface area contributed by atoms with Crippen LogP contribution in [0, 0.1) is 10.1 Å². The molecule has 11 heteroatoms. The SMILES string of the molecule is CC(=O)OCC(CNC(=O)Cn1ccnc1[N+](=O)[O-])OC(C)=O. The maximum absolute atomic E-state index is 11.8. The van der Waals surface area contributed by atoms with E-state index in [-0.39, 0.29) is 19.7 Å². The van der Waals surface area contributed by atoms with Crippen LogP contribution in [0.3, 0.4) is 0 Å². The molecule has 0 aromatic carbocycles. The lowest BCUT2D eigenvalue weighted by Crippen LogP contribution is -2.39. The summed E-state index contributed by atoms with van der Waals surface area (Å²) in [5.74, 6) is -2.16. The lowest BCUT2D eigenvalue weighted by atomic mass is 10.3. The first-order valence-electron chi connectivity index (χ1n) is 6.52. The van der Waals surface area contributed by atoms with Gasteiger partial charge in [-0.25, -0.2) is 4.57 Å². The van der Waals surface area contributed by atoms with Gasteiger partial charge in [-0.3, -0.25) is 14.4 Å². The smallest absolute Gasteiger partial charge is 0.435 e. The molecule has 0 saturated heterocycles. The van der Waals surface area contributed by atoms with Gasteiger partial charge in [0.1, 0.15) is 19.0 Å². The highest BCUT2D eigenvalue weighted by atomic mass is 16.6. The summed E-state index contributed by atoms with van der Waals surface area (Å²) in [5.41, 5.74) is 0. The Morgan fingerprint density at radius 2 is 2.09 bits per heavy atom. The lowest BCUT2D eigenvalue weighted by Gasteiger charge is -2.17. The second-order valence-corrected chi connectivity index (χ2v) is 4.45. The number of esters is 2. The molecule has 1 rings (SSSR count). The molecule has 1 aromatic rings. The molecule has 0 aliphatic heterocycles. The fourth-order valence-electron chi connectivity index (χ4n) is 1.61. The summed E-state index contributed by atoms with van der Waals surface area (Å²) in [6, 6.07) is 0. The fourth-order valence-corrected chi connectivity index (χ4v) is 1.61. The number of rotatable bonds is 8. The van der Waals surface area contributed by atoms with Gasteiger partial charge in [0.05, 0.1) is 6.54 Å². The van der Waals surface area contributed by atoms with Gasteiger partial charge in [-0.15, -0.1) is 0 Å². The minimum Gasteiger partial charge on any atom is -0.462 e. The highest BCUT2D eigenvalue weighted by Crippen LogP contribution is 2.06. The first kappa shape index (κ1) is 18.1. The van der Waals surface area contributed by atoms with E-state index in [0.717, 1.165) is 4.57 Å². The summed E-state index contributed by atoms with van der Waals surface area (Å²) < 4.78 is 10.7. The van der Waals surface area contributed by atoms with Gasteiger partial charge in [0.2, 0.25) is 0 Å². The Bertz CT molecular complexity index is 598. The molecular formula is C12H16N4O7. The lowest BCUT2D eigenvalue weighted by molar-refractivity contribution is -0.396. The van der Waals surface area contributed by atoms with Crippen molar-refractivity contribution in [2.75, 3.05) is 13.2 Å². The molecule has 0 spiro atoms. The number of amides is 1. The Labute approximate surface area is 130 Å². The number of carbonyl (C=O) groups excluding carboxylic acids is 3. The first-order valence-corrected chi connectivity index (χ1v) is 6.52. The topological polar surface area (TPSA) is 143 Å². The number of ether oxygens (including phenoxy) is 2. The zero-order valence-electron chi connectivity index (χ0n) is 12.6. The van der Waals surface area contributed by atoms with Crippen molar-refractivity contribution in [3.63, 3.8) is 0 Å². The number of nitro groups is 1. The summed E-state index contributed by atoms with van der Waals surface area (Å²) in [6.07, 6.45) is 1.64. The van der Waals surface area contributed by atoms with Gasteiger partial charge in [0.25, 0.3) is 5.91 Å². The zero-order valence-corrected chi connectivity index (χ0v) is 12.6. The van der Waals surface area contributed by atoms with E-state index < -0.39 is 34.8 Å². The number of imidazole rings is 1. The third-order valence-corrected chi connectivity index (χ3v) is 2.50. The quantitative estimate of drug-likeness (QED) is 0.378. The third-order valence-electron chi connectivity index (χ3n) is 2.50. The Hall–Kier alpha value is -2.98. The van der Waals surface area contributed by atoms with E-state index in [1.165, 1.54) is 26.2 Å². The van der Waals surface area contributed by atoms with E-state index in [9.17, 15) is 24.5 Å². The number of nitrogens with one attached hydrogen (secondary N) is 1. The Kier molecular flexibility index (Phi) is 6.65. The summed E-state index contributed by atoms with van der Waals surface area (Å²) in [5, 5.41) is 13.1. The highest BCUT2D eigenvalue weighted by molar-refractivity contribution is 5.76. The minimum absolute atomic E-state index is 0.103. The fraction of sp³-hybridized carbons (Fsp3) is 0.500. The maximum atomic E-state index is 11.8. The van der Waals surface area contributed by atoms with Gasteiger partial charge in [-0.05, 0) is 4.92 Å². The molecule has 0 fully saturated rings. The van der Waals surface area contributed by atoms with Gasteiger partial charge in [-0.2, -0.15) is 0 Å². The van der Waals surface area contributed by atoms with Gasteiger partial charge >= 0.3 is 17.9 Å². The molecule has 1 unspecified atom stereocenters. The average molecular weight is 328 g/mol. The van der Waals surface area contributed by atoms with Crippen LogP contribution in [0.2, 0.25) is 0 Å². The predicted octanol–water partition coefficient (Wildman–Crippen LogP) is -0.598. The summed E-state index contributed by atoms with van der Waals surface area (Å²) in [7, 11) is 0. The van der Waals surface area contributed by atoms with E-state index >= 15 is 0 Å². The molecule has 1 N–H and O–H groups in total. The van der Waals surface area contributed by atoms with E-state index in [1.807, 2.05) is 0 Å². The Morgan fingerprint density at radius 1 is 1.39 bits per heavy atom. The van der Waals surface area contributed by atoms with Crippen molar-refractivity contribution < 1.29 is 28.8 Å². The van der Waals surface area contributed by atoms with E-state index in [1.54, 1.807) is 0 Å². The van der Waals surface area contributed by atoms with E-state index in [4.69, 9.17) is 9.47 Å². The molecular weight excluding hydrogens is 312 g/mol. The van der Waals surface area contributed by atoms with E-state index in [2.05, 4.69) is 10.3 Å². The number of hydrogen-bond donors (Lipinski definition) is 1. The van der Waals surface area contributed by atoms with Crippen molar-refractivity contribution in [2.45, 2.75) is 26.5 Å². The second-order valence-electron chi connectivity index (χ2n) is 4.45. The van der Waals surface area contributed by atoms with Gasteiger partial charge < -0.3 is 24.9 Å². The Morgan fingerprint density at radius 3 is 2.65 bits per heavy atom. The van der Waals surface area contributed by atoms with Crippen molar-refractivity contribution in [1.29, 1.82) is 0 Å². The maximum Gasteiger partial charge on any atom is 0.435 e. The number of aromatic nitrogens is 2. The largest absolute Gasteiger partial charge is 0.462 e. The molecule has 0 saturated carbocycles. The monoisotopic (exact) mass is 328 g/mol. The summed E-state index contributed by atoms with van der Waals surface area (Å²) in [4.78, 5) is 47.0. The second kappa shape index (κ2) is 8.46. The average Bonchev–Trinajstić information content (AvgIpc) is 2.89. The van der Waals surface area contributed by atoms with Crippen molar-refractivity contribution >= 4 is 23.8 Å². The van der Waals surface area contributed by atoms with Crippen LogP contribution in [0.4, 0.5) is 5.95 Å². The standard InChI is InChI=1S/C12H16N4O7/c1-8(17)22-7-10(23-9(2)18)5-14-11(19)6-15-4-3-13-12(15)16(20)21/h3-4,10H,5-7H2,1-2H3,(H,14,19). The molecule has 0 bridgehead atoms. The molecule has 11 nitrogen and oxygen atoms in total. The van der Waals surface area contributed by atoms with Crippen molar-refractivity contribution in [3.05, 3.63) is 22.5 Å². The molecule has 1 atom stereocenters. The zero-order chi connectivity index (χ0) is 17.4. The van der Waals surface area contributed by atoms with Crippen LogP contribution < -0.4 is 5.32 Å². The van der Waals surface area contributed by atoms with Gasteiger partial charge in [0, 0.05) is 13.8 Å². The molecule has 0 radical (unpaired) electrons. The summed E-state index contributed by atoms with van der Waals surface area (Å²) >= 11 is 0. The minimum atomic E-state index is -0.849. The van der Waals surface area contributed by atoms with Gasteiger partial charge in [0.15, 0.2) is 12.6 Å². The van der Waals surface area contributed by atoms with Crippen LogP contribution in [0.25, 0.3) is 0 Å². The molecule has 1 aromatic heterocycles. The Balaban J connectivity index is 2.53. The predicted molar refractivity (Wildman–Crippen MR) is 74.1 cm³/mol. The van der Waals surface area contributed by atoms with Crippen molar-refractivity contribution in [1.82, 2.24) is 14.9 Å². The summed E-state index contributed by atoms with van der Waals surface area (Å²) in [6.45, 7) is 1.74. The van der Waals surface area contributed by atoms with Crippen LogP contribution in [0.15, 0.2) is 12.4 Å². The number of nitrogens with zero attached hydrogens (tertiary/aromatic N) is 3. The molecule has 0 aliphatic rings. The molecule has 126 valence electrons. The molecule has 1 amide bonds. The van der Waals surface area contributed by atoms with Crippen LogP contribution in [0.5, 0.6) is 0 Å².